The standard InChI is InChI=1S/C16H22N6O2S2/c1-19-5-3-17-15(19)25-11-13(23)21-7-9-22(10-8-21)14(24)12-26-16-18-4-6-20(16)2/h3-6H,7-12H2,1-2H3. The number of thioether (sulfide) groups is 2. The maximum Gasteiger partial charge on any atom is 0.233 e. The molecule has 1 saturated heterocycles. The molecule has 10 heteroatoms. The zero-order chi connectivity index (χ0) is 18.5. The molecule has 2 aromatic rings. The Morgan fingerprint density at radius 3 is 1.54 bits per heavy atom. The molecule has 2 aromatic heterocycles. The summed E-state index contributed by atoms with van der Waals surface area (Å²) in [6.45, 7) is 2.33. The van der Waals surface area contributed by atoms with Crippen molar-refractivity contribution < 1.29 is 9.59 Å². The average molecular weight is 395 g/mol. The molecule has 8 nitrogen and oxygen atoms in total. The van der Waals surface area contributed by atoms with Crippen LogP contribution in [0, 0.1) is 0 Å². The quantitative estimate of drug-likeness (QED) is 0.672. The van der Waals surface area contributed by atoms with Crippen LogP contribution in [0.3, 0.4) is 0 Å². The first-order valence-corrected chi connectivity index (χ1v) is 10.3. The number of carbonyl (C=O) groups excluding carboxylic acids is 2. The summed E-state index contributed by atoms with van der Waals surface area (Å²) in [6, 6.07) is 0. The van der Waals surface area contributed by atoms with E-state index in [-0.39, 0.29) is 11.8 Å². The van der Waals surface area contributed by atoms with Gasteiger partial charge in [0.05, 0.1) is 11.5 Å². The Morgan fingerprint density at radius 2 is 1.23 bits per heavy atom. The Morgan fingerprint density at radius 1 is 0.846 bits per heavy atom. The molecule has 26 heavy (non-hydrogen) atoms. The fourth-order valence-electron chi connectivity index (χ4n) is 2.62. The summed E-state index contributed by atoms with van der Waals surface area (Å²) in [5.74, 6) is 0.918. The molecule has 0 aromatic carbocycles. The minimum Gasteiger partial charge on any atom is -0.338 e. The minimum absolute atomic E-state index is 0.0903. The molecule has 3 rings (SSSR count). The number of nitrogens with zero attached hydrogens (tertiary/aromatic N) is 6. The maximum atomic E-state index is 12.3. The number of imidazole rings is 2. The largest absolute Gasteiger partial charge is 0.338 e. The number of carbonyl (C=O) groups is 2. The van der Waals surface area contributed by atoms with E-state index < -0.39 is 0 Å². The van der Waals surface area contributed by atoms with Crippen molar-refractivity contribution in [3.8, 4) is 0 Å². The van der Waals surface area contributed by atoms with Gasteiger partial charge in [-0.15, -0.1) is 0 Å². The Kier molecular flexibility index (Phi) is 6.25. The van der Waals surface area contributed by atoms with Crippen LogP contribution in [0.2, 0.25) is 0 Å². The number of hydrogen-bond donors (Lipinski definition) is 0. The number of rotatable bonds is 6. The summed E-state index contributed by atoms with van der Waals surface area (Å²) >= 11 is 2.88. The molecule has 0 spiro atoms. The first-order chi connectivity index (χ1) is 12.5. The maximum absolute atomic E-state index is 12.3. The molecule has 0 bridgehead atoms. The summed E-state index contributed by atoms with van der Waals surface area (Å²) in [7, 11) is 3.82. The Labute approximate surface area is 160 Å². The predicted molar refractivity (Wildman–Crippen MR) is 101 cm³/mol. The van der Waals surface area contributed by atoms with E-state index in [2.05, 4.69) is 9.97 Å². The van der Waals surface area contributed by atoms with E-state index in [0.717, 1.165) is 10.3 Å². The Hall–Kier alpha value is -1.94. The third-order valence-electron chi connectivity index (χ3n) is 4.19. The number of piperazine rings is 1. The van der Waals surface area contributed by atoms with Crippen molar-refractivity contribution in [1.82, 2.24) is 28.9 Å². The van der Waals surface area contributed by atoms with Crippen LogP contribution in [-0.4, -0.2) is 78.4 Å². The Bertz CT molecular complexity index is 702. The van der Waals surface area contributed by atoms with Gasteiger partial charge in [0.15, 0.2) is 10.3 Å². The molecule has 3 heterocycles. The smallest absolute Gasteiger partial charge is 0.233 e. The van der Waals surface area contributed by atoms with Crippen LogP contribution in [0.25, 0.3) is 0 Å². The van der Waals surface area contributed by atoms with Gasteiger partial charge in [0.1, 0.15) is 0 Å². The summed E-state index contributed by atoms with van der Waals surface area (Å²) in [5.41, 5.74) is 0. The van der Waals surface area contributed by atoms with E-state index in [1.165, 1.54) is 23.5 Å². The van der Waals surface area contributed by atoms with Crippen LogP contribution in [0.4, 0.5) is 0 Å². The third-order valence-corrected chi connectivity index (χ3v) is 6.27. The van der Waals surface area contributed by atoms with Gasteiger partial charge >= 0.3 is 0 Å². The van der Waals surface area contributed by atoms with Crippen molar-refractivity contribution in [2.75, 3.05) is 37.7 Å². The second-order valence-corrected chi connectivity index (χ2v) is 7.87. The molecule has 1 aliphatic heterocycles. The van der Waals surface area contributed by atoms with Crippen molar-refractivity contribution in [3.05, 3.63) is 24.8 Å². The molecule has 0 unspecified atom stereocenters. The lowest BCUT2D eigenvalue weighted by Gasteiger charge is -2.34. The first-order valence-electron chi connectivity index (χ1n) is 8.30. The summed E-state index contributed by atoms with van der Waals surface area (Å²) < 4.78 is 3.79. The second-order valence-electron chi connectivity index (χ2n) is 5.98. The van der Waals surface area contributed by atoms with Crippen LogP contribution in [0.15, 0.2) is 35.1 Å². The zero-order valence-corrected chi connectivity index (χ0v) is 16.5. The highest BCUT2D eigenvalue weighted by atomic mass is 32.2. The van der Waals surface area contributed by atoms with Crippen LogP contribution in [0.1, 0.15) is 0 Å². The van der Waals surface area contributed by atoms with E-state index >= 15 is 0 Å². The summed E-state index contributed by atoms with van der Waals surface area (Å²) in [4.78, 5) is 36.8. The van der Waals surface area contributed by atoms with E-state index in [0.29, 0.717) is 37.7 Å². The van der Waals surface area contributed by atoms with Gasteiger partial charge in [-0.05, 0) is 0 Å². The molecule has 0 radical (unpaired) electrons. The van der Waals surface area contributed by atoms with Crippen LogP contribution in [-0.2, 0) is 23.7 Å². The topological polar surface area (TPSA) is 76.3 Å². The van der Waals surface area contributed by atoms with E-state index in [4.69, 9.17) is 0 Å². The van der Waals surface area contributed by atoms with Gasteiger partial charge in [0.25, 0.3) is 0 Å². The molecule has 1 fully saturated rings. The molecule has 140 valence electrons. The normalized spacial score (nSPS) is 14.7. The highest BCUT2D eigenvalue weighted by molar-refractivity contribution is 8.00. The molecule has 2 amide bonds. The van der Waals surface area contributed by atoms with Crippen molar-refractivity contribution in [2.45, 2.75) is 10.3 Å². The summed E-state index contributed by atoms with van der Waals surface area (Å²) in [6.07, 6.45) is 7.17. The SMILES string of the molecule is Cn1ccnc1SCC(=O)N1CCN(C(=O)CSc2nccn2C)CC1. The Balaban J connectivity index is 1.40. The van der Waals surface area contributed by atoms with Gasteiger partial charge in [0.2, 0.25) is 11.8 Å². The van der Waals surface area contributed by atoms with Crippen molar-refractivity contribution in [3.63, 3.8) is 0 Å². The second kappa shape index (κ2) is 8.63. The van der Waals surface area contributed by atoms with Crippen molar-refractivity contribution in [1.29, 1.82) is 0 Å². The lowest BCUT2D eigenvalue weighted by atomic mass is 10.3. The molecular weight excluding hydrogens is 372 g/mol. The van der Waals surface area contributed by atoms with Crippen molar-refractivity contribution in [2.24, 2.45) is 14.1 Å². The van der Waals surface area contributed by atoms with Gasteiger partial charge in [-0.2, -0.15) is 0 Å². The first kappa shape index (κ1) is 18.8. The lowest BCUT2D eigenvalue weighted by Crippen LogP contribution is -2.51. The molecule has 0 saturated carbocycles. The van der Waals surface area contributed by atoms with Gasteiger partial charge < -0.3 is 18.9 Å². The highest BCUT2D eigenvalue weighted by Gasteiger charge is 2.24. The van der Waals surface area contributed by atoms with Gasteiger partial charge in [-0.1, -0.05) is 23.5 Å². The average Bonchev–Trinajstić information content (AvgIpc) is 3.25. The van der Waals surface area contributed by atoms with Gasteiger partial charge in [-0.3, -0.25) is 9.59 Å². The minimum atomic E-state index is 0.0903. The van der Waals surface area contributed by atoms with E-state index in [9.17, 15) is 9.59 Å². The van der Waals surface area contributed by atoms with Gasteiger partial charge in [-0.25, -0.2) is 9.97 Å². The molecular formula is C16H22N6O2S2. The molecule has 0 aliphatic carbocycles. The number of aromatic nitrogens is 4. The molecule has 0 N–H and O–H groups in total. The van der Waals surface area contributed by atoms with Crippen molar-refractivity contribution >= 4 is 35.3 Å². The molecule has 1 aliphatic rings. The third kappa shape index (κ3) is 4.61. The fraction of sp³-hybridized carbons (Fsp3) is 0.500. The number of amides is 2. The van der Waals surface area contributed by atoms with E-state index in [1.54, 1.807) is 12.4 Å². The number of hydrogen-bond acceptors (Lipinski definition) is 6. The lowest BCUT2D eigenvalue weighted by molar-refractivity contribution is -0.136. The van der Waals surface area contributed by atoms with Crippen LogP contribution < -0.4 is 0 Å². The highest BCUT2D eigenvalue weighted by Crippen LogP contribution is 2.17. The molecule has 0 atom stereocenters. The van der Waals surface area contributed by atoms with Crippen LogP contribution >= 0.6 is 23.5 Å². The van der Waals surface area contributed by atoms with Crippen LogP contribution in [0.5, 0.6) is 0 Å². The van der Waals surface area contributed by atoms with E-state index in [1.807, 2.05) is 45.4 Å². The predicted octanol–water partition coefficient (Wildman–Crippen LogP) is 0.709. The monoisotopic (exact) mass is 394 g/mol. The zero-order valence-electron chi connectivity index (χ0n) is 14.9. The fourth-order valence-corrected chi connectivity index (χ4v) is 4.29. The number of aryl methyl sites for hydroxylation is 2. The summed E-state index contributed by atoms with van der Waals surface area (Å²) in [5, 5.41) is 1.66. The van der Waals surface area contributed by atoms with Gasteiger partial charge in [0, 0.05) is 65.1 Å².